The molecule has 0 N–H and O–H groups in total. The van der Waals surface area contributed by atoms with Gasteiger partial charge in [0.2, 0.25) is 0 Å². The monoisotopic (exact) mass is 760 g/mol. The molecule has 0 radical (unpaired) electrons. The highest BCUT2D eigenvalue weighted by Crippen LogP contribution is 2.59. The Kier molecular flexibility index (Phi) is 7.00. The normalized spacial score (nSPS) is 13.1. The van der Waals surface area contributed by atoms with Gasteiger partial charge in [-0.2, -0.15) is 0 Å². The molecule has 0 saturated carbocycles. The van der Waals surface area contributed by atoms with Crippen LogP contribution in [0.1, 0.15) is 22.3 Å². The summed E-state index contributed by atoms with van der Waals surface area (Å²) in [6.45, 7) is 0. The highest BCUT2D eigenvalue weighted by molar-refractivity contribution is 6.20. The van der Waals surface area contributed by atoms with E-state index in [9.17, 15) is 0 Å². The zero-order chi connectivity index (χ0) is 39.4. The molecule has 1 aliphatic carbocycles. The van der Waals surface area contributed by atoms with E-state index in [2.05, 4.69) is 212 Å². The number of benzene rings is 11. The molecule has 0 unspecified atom stereocenters. The molecule has 1 heterocycles. The molecule has 0 bridgehead atoms. The fourth-order valence-corrected chi connectivity index (χ4v) is 10.8. The topological polar surface area (TPSA) is 13.1 Å². The van der Waals surface area contributed by atoms with Crippen LogP contribution >= 0.6 is 0 Å². The number of hydrogen-bond acceptors (Lipinski definition) is 1. The Balaban J connectivity index is 1.12. The van der Waals surface area contributed by atoms with Gasteiger partial charge in [-0.3, -0.25) is 0 Å². The number of rotatable bonds is 4. The molecule has 60 heavy (non-hydrogen) atoms. The van der Waals surface area contributed by atoms with Crippen molar-refractivity contribution in [3.8, 4) is 33.4 Å². The first-order valence-corrected chi connectivity index (χ1v) is 20.8. The molecule has 0 amide bonds. The SMILES string of the molecule is c1ccc(C2(c3ccccc3)c3cc(-c4c5ccccc5cc5c4ccc4ccccc45)ccc3-c3c2ccc2c(-c4ccc5c(c4)oc4ccccc45)cccc32)cc1. The standard InChI is InChI=1S/C59H36O/c1-3-16-41(17-4-1)59(42-18-5-2-6-19-42)53-33-32-46-44(39-27-29-48-47-22-11-12-25-55(47)60-56(48)36-39)23-13-24-49(46)58(53)51-31-28-40(35-54(51)59)57-45-21-10-8-15-38(45)34-52-43-20-9-7-14-37(43)26-30-50(52)57/h1-36H. The maximum Gasteiger partial charge on any atom is 0.136 e. The highest BCUT2D eigenvalue weighted by Gasteiger charge is 2.47. The van der Waals surface area contributed by atoms with Gasteiger partial charge < -0.3 is 4.42 Å². The van der Waals surface area contributed by atoms with Gasteiger partial charge in [0.05, 0.1) is 5.41 Å². The summed E-state index contributed by atoms with van der Waals surface area (Å²) in [5, 5.41) is 12.4. The molecule has 13 rings (SSSR count). The molecule has 12 aromatic rings. The Morgan fingerprint density at radius 2 is 0.900 bits per heavy atom. The van der Waals surface area contributed by atoms with Crippen molar-refractivity contribution >= 4 is 65.0 Å². The molecule has 0 aliphatic heterocycles. The van der Waals surface area contributed by atoms with Crippen LogP contribution < -0.4 is 0 Å². The summed E-state index contributed by atoms with van der Waals surface area (Å²) in [5.41, 5.74) is 13.8. The van der Waals surface area contributed by atoms with Crippen LogP contribution in [0.25, 0.3) is 98.4 Å². The lowest BCUT2D eigenvalue weighted by Crippen LogP contribution is -2.28. The Labute approximate surface area is 347 Å². The smallest absolute Gasteiger partial charge is 0.136 e. The van der Waals surface area contributed by atoms with Crippen LogP contribution in [0.4, 0.5) is 0 Å². The summed E-state index contributed by atoms with van der Waals surface area (Å²) in [7, 11) is 0. The predicted octanol–water partition coefficient (Wildman–Crippen LogP) is 15.9. The molecule has 0 saturated heterocycles. The molecular weight excluding hydrogens is 725 g/mol. The molecule has 11 aromatic carbocycles. The number of hydrogen-bond donors (Lipinski definition) is 0. The van der Waals surface area contributed by atoms with E-state index in [1.807, 2.05) is 6.07 Å². The quantitative estimate of drug-likeness (QED) is 0.129. The van der Waals surface area contributed by atoms with Crippen molar-refractivity contribution in [2.45, 2.75) is 5.41 Å². The van der Waals surface area contributed by atoms with E-state index in [0.717, 1.165) is 27.5 Å². The van der Waals surface area contributed by atoms with Gasteiger partial charge in [0, 0.05) is 10.8 Å². The largest absolute Gasteiger partial charge is 0.456 e. The van der Waals surface area contributed by atoms with Crippen molar-refractivity contribution in [2.24, 2.45) is 0 Å². The molecule has 278 valence electrons. The maximum absolute atomic E-state index is 6.39. The lowest BCUT2D eigenvalue weighted by atomic mass is 9.67. The van der Waals surface area contributed by atoms with E-state index in [1.54, 1.807) is 0 Å². The van der Waals surface area contributed by atoms with Gasteiger partial charge in [-0.1, -0.05) is 188 Å². The van der Waals surface area contributed by atoms with Crippen LogP contribution in [0.3, 0.4) is 0 Å². The Bertz CT molecular complexity index is 3660. The Hall–Kier alpha value is -7.74. The van der Waals surface area contributed by atoms with Gasteiger partial charge in [0.15, 0.2) is 0 Å². The first-order chi connectivity index (χ1) is 29.8. The summed E-state index contributed by atoms with van der Waals surface area (Å²) >= 11 is 0. The second kappa shape index (κ2) is 12.6. The zero-order valence-corrected chi connectivity index (χ0v) is 32.7. The van der Waals surface area contributed by atoms with E-state index in [0.29, 0.717) is 0 Å². The fourth-order valence-electron chi connectivity index (χ4n) is 10.8. The van der Waals surface area contributed by atoms with Gasteiger partial charge in [-0.05, 0) is 129 Å². The van der Waals surface area contributed by atoms with E-state index in [-0.39, 0.29) is 0 Å². The minimum absolute atomic E-state index is 0.562. The first-order valence-electron chi connectivity index (χ1n) is 20.8. The van der Waals surface area contributed by atoms with Crippen molar-refractivity contribution in [3.63, 3.8) is 0 Å². The average Bonchev–Trinajstić information content (AvgIpc) is 3.84. The molecule has 1 heteroatoms. The highest BCUT2D eigenvalue weighted by atomic mass is 16.3. The number of fused-ring (bicyclic) bond motifs is 12. The molecular formula is C59H36O. The minimum atomic E-state index is -0.562. The van der Waals surface area contributed by atoms with Gasteiger partial charge >= 0.3 is 0 Å². The summed E-state index contributed by atoms with van der Waals surface area (Å²) in [6.07, 6.45) is 0. The molecule has 0 spiro atoms. The molecule has 0 atom stereocenters. The van der Waals surface area contributed by atoms with E-state index < -0.39 is 5.41 Å². The number of furan rings is 1. The van der Waals surface area contributed by atoms with Crippen LogP contribution in [0, 0.1) is 0 Å². The summed E-state index contributed by atoms with van der Waals surface area (Å²) in [5.74, 6) is 0. The molecule has 0 fully saturated rings. The second-order valence-corrected chi connectivity index (χ2v) is 16.3. The van der Waals surface area contributed by atoms with Crippen molar-refractivity contribution < 1.29 is 4.42 Å². The van der Waals surface area contributed by atoms with Crippen molar-refractivity contribution in [1.82, 2.24) is 0 Å². The lowest BCUT2D eigenvalue weighted by molar-refractivity contribution is 0.669. The van der Waals surface area contributed by atoms with Gasteiger partial charge in [0.25, 0.3) is 0 Å². The number of para-hydroxylation sites is 1. The molecule has 1 aliphatic rings. The van der Waals surface area contributed by atoms with E-state index >= 15 is 0 Å². The zero-order valence-electron chi connectivity index (χ0n) is 32.7. The Morgan fingerprint density at radius 1 is 0.283 bits per heavy atom. The molecule has 1 aromatic heterocycles. The third-order valence-corrected chi connectivity index (χ3v) is 13.3. The summed E-state index contributed by atoms with van der Waals surface area (Å²) in [4.78, 5) is 0. The second-order valence-electron chi connectivity index (χ2n) is 16.3. The van der Waals surface area contributed by atoms with Crippen LogP contribution in [0.2, 0.25) is 0 Å². The average molecular weight is 761 g/mol. The van der Waals surface area contributed by atoms with Crippen molar-refractivity contribution in [2.75, 3.05) is 0 Å². The third kappa shape index (κ3) is 4.58. The minimum Gasteiger partial charge on any atom is -0.456 e. The van der Waals surface area contributed by atoms with Crippen molar-refractivity contribution in [1.29, 1.82) is 0 Å². The first kappa shape index (κ1) is 33.3. The van der Waals surface area contributed by atoms with Crippen LogP contribution in [-0.4, -0.2) is 0 Å². The van der Waals surface area contributed by atoms with Crippen molar-refractivity contribution in [3.05, 3.63) is 241 Å². The predicted molar refractivity (Wildman–Crippen MR) is 252 cm³/mol. The van der Waals surface area contributed by atoms with Crippen LogP contribution in [0.5, 0.6) is 0 Å². The summed E-state index contributed by atoms with van der Waals surface area (Å²) in [6, 6.07) is 80.9. The van der Waals surface area contributed by atoms with Gasteiger partial charge in [0.1, 0.15) is 11.2 Å². The van der Waals surface area contributed by atoms with E-state index in [4.69, 9.17) is 4.42 Å². The molecule has 1 nitrogen and oxygen atoms in total. The van der Waals surface area contributed by atoms with Crippen LogP contribution in [-0.2, 0) is 5.41 Å². The van der Waals surface area contributed by atoms with Gasteiger partial charge in [-0.25, -0.2) is 0 Å². The fraction of sp³-hybridized carbons (Fsp3) is 0.0169. The third-order valence-electron chi connectivity index (χ3n) is 13.3. The van der Waals surface area contributed by atoms with Crippen LogP contribution in [0.15, 0.2) is 223 Å². The van der Waals surface area contributed by atoms with E-state index in [1.165, 1.54) is 93.2 Å². The van der Waals surface area contributed by atoms with Gasteiger partial charge in [-0.15, -0.1) is 0 Å². The lowest BCUT2D eigenvalue weighted by Gasteiger charge is -2.34. The summed E-state index contributed by atoms with van der Waals surface area (Å²) < 4.78 is 6.39. The Morgan fingerprint density at radius 3 is 1.72 bits per heavy atom. The maximum atomic E-state index is 6.39.